The second-order valence-corrected chi connectivity index (χ2v) is 10.1. The van der Waals surface area contributed by atoms with Crippen LogP contribution in [-0.2, 0) is 14.8 Å². The van der Waals surface area contributed by atoms with E-state index in [0.717, 1.165) is 37.5 Å². The third-order valence-corrected chi connectivity index (χ3v) is 7.82. The first-order chi connectivity index (χ1) is 16.3. The Labute approximate surface area is 196 Å². The molecule has 0 bridgehead atoms. The molecule has 1 amide bonds. The number of nitro groups is 1. The predicted molar refractivity (Wildman–Crippen MR) is 123 cm³/mol. The van der Waals surface area contributed by atoms with Crippen LogP contribution < -0.4 is 10.2 Å². The van der Waals surface area contributed by atoms with Crippen molar-refractivity contribution in [3.63, 3.8) is 0 Å². The Morgan fingerprint density at radius 3 is 2.41 bits per heavy atom. The van der Waals surface area contributed by atoms with E-state index in [9.17, 15) is 27.7 Å². The topological polar surface area (TPSA) is 122 Å². The molecule has 34 heavy (non-hydrogen) atoms. The van der Waals surface area contributed by atoms with Crippen LogP contribution in [0.5, 0.6) is 0 Å². The van der Waals surface area contributed by atoms with Gasteiger partial charge in [-0.15, -0.1) is 0 Å². The summed E-state index contributed by atoms with van der Waals surface area (Å²) in [5.41, 5.74) is -0.238. The number of carbonyl (C=O) groups excluding carboxylic acids is 1. The number of hydrogen-bond acceptors (Lipinski definition) is 7. The lowest BCUT2D eigenvalue weighted by molar-refractivity contribution is -0.384. The van der Waals surface area contributed by atoms with E-state index < -0.39 is 26.7 Å². The van der Waals surface area contributed by atoms with E-state index >= 15 is 0 Å². The maximum atomic E-state index is 14.3. The first-order valence-corrected chi connectivity index (χ1v) is 12.4. The number of halogens is 1. The molecule has 12 heteroatoms. The standard InChI is InChI=1S/C22H25FN4O6S/c23-19-6-4-16(27(29)30)14-20(19)24-22(28)18-15-17(34(31,32)26-8-2-1-3-9-26)5-7-21(18)25-10-12-33-13-11-25/h4-7,14-15H,1-3,8-13H2,(H,24,28). The van der Waals surface area contributed by atoms with Crippen molar-refractivity contribution in [3.8, 4) is 0 Å². The van der Waals surface area contributed by atoms with Gasteiger partial charge in [0.05, 0.1) is 34.3 Å². The predicted octanol–water partition coefficient (Wildman–Crippen LogP) is 3.00. The molecule has 2 aliphatic rings. The molecule has 0 aromatic heterocycles. The van der Waals surface area contributed by atoms with Crippen molar-refractivity contribution in [2.24, 2.45) is 0 Å². The average molecular weight is 493 g/mol. The minimum Gasteiger partial charge on any atom is -0.378 e. The highest BCUT2D eigenvalue weighted by molar-refractivity contribution is 7.89. The van der Waals surface area contributed by atoms with Crippen LogP contribution >= 0.6 is 0 Å². The number of carbonyl (C=O) groups is 1. The van der Waals surface area contributed by atoms with Crippen LogP contribution in [0.4, 0.5) is 21.5 Å². The van der Waals surface area contributed by atoms with Gasteiger partial charge in [-0.3, -0.25) is 14.9 Å². The van der Waals surface area contributed by atoms with Crippen LogP contribution in [0.1, 0.15) is 29.6 Å². The van der Waals surface area contributed by atoms with Crippen LogP contribution in [0.25, 0.3) is 0 Å². The number of anilines is 2. The Hall–Kier alpha value is -3.09. The lowest BCUT2D eigenvalue weighted by atomic mass is 10.1. The van der Waals surface area contributed by atoms with Gasteiger partial charge in [0, 0.05) is 44.0 Å². The molecule has 0 atom stereocenters. The highest BCUT2D eigenvalue weighted by atomic mass is 32.2. The number of amides is 1. The summed E-state index contributed by atoms with van der Waals surface area (Å²) in [5, 5.41) is 13.4. The van der Waals surface area contributed by atoms with Crippen LogP contribution in [0.15, 0.2) is 41.3 Å². The molecule has 2 aromatic carbocycles. The largest absolute Gasteiger partial charge is 0.378 e. The quantitative estimate of drug-likeness (QED) is 0.486. The molecular weight excluding hydrogens is 467 g/mol. The van der Waals surface area contributed by atoms with Crippen molar-refractivity contribution in [2.45, 2.75) is 24.2 Å². The van der Waals surface area contributed by atoms with E-state index in [4.69, 9.17) is 4.74 Å². The van der Waals surface area contributed by atoms with E-state index in [1.54, 1.807) is 6.07 Å². The van der Waals surface area contributed by atoms with Crippen molar-refractivity contribution in [3.05, 3.63) is 57.9 Å². The summed E-state index contributed by atoms with van der Waals surface area (Å²) in [6, 6.07) is 7.15. The number of benzene rings is 2. The summed E-state index contributed by atoms with van der Waals surface area (Å²) < 4.78 is 47.5. The molecular formula is C22H25FN4O6S. The molecule has 2 aliphatic heterocycles. The fourth-order valence-corrected chi connectivity index (χ4v) is 5.65. The van der Waals surface area contributed by atoms with Crippen molar-refractivity contribution in [2.75, 3.05) is 49.6 Å². The fraction of sp³-hybridized carbons (Fsp3) is 0.409. The number of nitrogens with zero attached hydrogens (tertiary/aromatic N) is 3. The van der Waals surface area contributed by atoms with E-state index in [1.807, 2.05) is 4.90 Å². The zero-order valence-corrected chi connectivity index (χ0v) is 19.2. The lowest BCUT2D eigenvalue weighted by Crippen LogP contribution is -2.38. The molecule has 0 radical (unpaired) electrons. The maximum absolute atomic E-state index is 14.3. The number of rotatable bonds is 6. The normalized spacial score (nSPS) is 17.4. The number of nitro benzene ring substituents is 1. The number of morpholine rings is 1. The van der Waals surface area contributed by atoms with Gasteiger partial charge in [-0.1, -0.05) is 6.42 Å². The molecule has 0 saturated carbocycles. The Morgan fingerprint density at radius 1 is 1.03 bits per heavy atom. The monoisotopic (exact) mass is 492 g/mol. The molecule has 4 rings (SSSR count). The molecule has 182 valence electrons. The zero-order chi connectivity index (χ0) is 24.3. The highest BCUT2D eigenvalue weighted by Crippen LogP contribution is 2.30. The summed E-state index contributed by atoms with van der Waals surface area (Å²) in [5.74, 6) is -1.61. The average Bonchev–Trinajstić information content (AvgIpc) is 2.86. The minimum absolute atomic E-state index is 0.0314. The Bertz CT molecular complexity index is 1190. The third-order valence-electron chi connectivity index (χ3n) is 5.93. The second-order valence-electron chi connectivity index (χ2n) is 8.12. The Morgan fingerprint density at radius 2 is 1.74 bits per heavy atom. The van der Waals surface area contributed by atoms with Gasteiger partial charge < -0.3 is 15.0 Å². The molecule has 2 heterocycles. The third kappa shape index (κ3) is 5.03. The molecule has 2 aromatic rings. The van der Waals surface area contributed by atoms with Crippen molar-refractivity contribution >= 4 is 33.0 Å². The van der Waals surface area contributed by atoms with Gasteiger partial charge in [-0.25, -0.2) is 12.8 Å². The Balaban J connectivity index is 1.72. The van der Waals surface area contributed by atoms with E-state index in [1.165, 1.54) is 16.4 Å². The Kier molecular flexibility index (Phi) is 7.10. The number of nitrogens with one attached hydrogen (secondary N) is 1. The smallest absolute Gasteiger partial charge is 0.271 e. The van der Waals surface area contributed by atoms with Crippen molar-refractivity contribution in [1.82, 2.24) is 4.31 Å². The summed E-state index contributed by atoms with van der Waals surface area (Å²) in [6.45, 7) is 2.68. The second kappa shape index (κ2) is 10.0. The van der Waals surface area contributed by atoms with Crippen LogP contribution in [0.2, 0.25) is 0 Å². The number of ether oxygens (including phenoxy) is 1. The van der Waals surface area contributed by atoms with Crippen molar-refractivity contribution < 1.29 is 27.3 Å². The molecule has 2 fully saturated rings. The molecule has 0 aliphatic carbocycles. The van der Waals surface area contributed by atoms with Crippen LogP contribution in [-0.4, -0.2) is 62.9 Å². The van der Waals surface area contributed by atoms with Gasteiger partial charge in [-0.2, -0.15) is 4.31 Å². The first kappa shape index (κ1) is 24.0. The van der Waals surface area contributed by atoms with Crippen LogP contribution in [0, 0.1) is 15.9 Å². The van der Waals surface area contributed by atoms with E-state index in [-0.39, 0.29) is 21.8 Å². The van der Waals surface area contributed by atoms with E-state index in [0.29, 0.717) is 45.1 Å². The summed E-state index contributed by atoms with van der Waals surface area (Å²) in [4.78, 5) is 25.5. The molecule has 1 N–H and O–H groups in total. The number of piperidine rings is 1. The fourth-order valence-electron chi connectivity index (χ4n) is 4.10. The lowest BCUT2D eigenvalue weighted by Gasteiger charge is -2.31. The number of sulfonamides is 1. The SMILES string of the molecule is O=C(Nc1cc([N+](=O)[O-])ccc1F)c1cc(S(=O)(=O)N2CCCCC2)ccc1N1CCOCC1. The zero-order valence-electron chi connectivity index (χ0n) is 18.4. The van der Waals surface area contributed by atoms with Gasteiger partial charge >= 0.3 is 0 Å². The van der Waals surface area contributed by atoms with Gasteiger partial charge in [0.15, 0.2) is 0 Å². The van der Waals surface area contributed by atoms with E-state index in [2.05, 4.69) is 5.32 Å². The van der Waals surface area contributed by atoms with Crippen molar-refractivity contribution in [1.29, 1.82) is 0 Å². The summed E-state index contributed by atoms with van der Waals surface area (Å²) in [6.07, 6.45) is 2.50. The summed E-state index contributed by atoms with van der Waals surface area (Å²) in [7, 11) is -3.82. The number of hydrogen-bond donors (Lipinski definition) is 1. The molecule has 0 spiro atoms. The molecule has 10 nitrogen and oxygen atoms in total. The van der Waals surface area contributed by atoms with Crippen LogP contribution in [0.3, 0.4) is 0 Å². The first-order valence-electron chi connectivity index (χ1n) is 11.0. The van der Waals surface area contributed by atoms with Gasteiger partial charge in [-0.05, 0) is 37.1 Å². The highest BCUT2D eigenvalue weighted by Gasteiger charge is 2.29. The number of non-ortho nitro benzene ring substituents is 1. The van der Waals surface area contributed by atoms with Gasteiger partial charge in [0.1, 0.15) is 5.82 Å². The molecule has 0 unspecified atom stereocenters. The maximum Gasteiger partial charge on any atom is 0.271 e. The van der Waals surface area contributed by atoms with Gasteiger partial charge in [0.25, 0.3) is 11.6 Å². The minimum atomic E-state index is -3.82. The summed E-state index contributed by atoms with van der Waals surface area (Å²) >= 11 is 0. The van der Waals surface area contributed by atoms with Gasteiger partial charge in [0.2, 0.25) is 10.0 Å². The molecule has 2 saturated heterocycles.